The Hall–Kier alpha value is -1.63. The van der Waals surface area contributed by atoms with E-state index in [0.717, 1.165) is 16.7 Å². The monoisotopic (exact) mass is 270 g/mol. The summed E-state index contributed by atoms with van der Waals surface area (Å²) in [5, 5.41) is 0. The number of rotatable bonds is 4. The van der Waals surface area contributed by atoms with Gasteiger partial charge in [0.1, 0.15) is 5.82 Å². The topological polar surface area (TPSA) is 0 Å². The summed E-state index contributed by atoms with van der Waals surface area (Å²) in [7, 11) is 0. The SMILES string of the molecule is C=CC(c1c(C)cc(C2=CC=CC2C)cc1F)C(C)C. The molecule has 0 saturated carbocycles. The molecule has 106 valence electrons. The highest BCUT2D eigenvalue weighted by Crippen LogP contribution is 2.35. The van der Waals surface area contributed by atoms with E-state index in [1.165, 1.54) is 5.57 Å². The smallest absolute Gasteiger partial charge is 0.127 e. The molecule has 1 heteroatoms. The first kappa shape index (κ1) is 14.8. The van der Waals surface area contributed by atoms with Crippen LogP contribution in [0.4, 0.5) is 4.39 Å². The molecule has 0 aromatic heterocycles. The normalized spacial score (nSPS) is 19.3. The lowest BCUT2D eigenvalue weighted by Crippen LogP contribution is -2.09. The zero-order valence-corrected chi connectivity index (χ0v) is 12.8. The van der Waals surface area contributed by atoms with Crippen molar-refractivity contribution in [2.24, 2.45) is 11.8 Å². The lowest BCUT2D eigenvalue weighted by atomic mass is 9.84. The van der Waals surface area contributed by atoms with Gasteiger partial charge in [0.2, 0.25) is 0 Å². The molecule has 1 aliphatic rings. The van der Waals surface area contributed by atoms with Gasteiger partial charge in [0.15, 0.2) is 0 Å². The van der Waals surface area contributed by atoms with Crippen molar-refractivity contribution in [2.75, 3.05) is 0 Å². The fourth-order valence-corrected chi connectivity index (χ4v) is 3.01. The largest absolute Gasteiger partial charge is 0.207 e. The van der Waals surface area contributed by atoms with E-state index in [-0.39, 0.29) is 11.7 Å². The second-order valence-corrected chi connectivity index (χ2v) is 5.99. The van der Waals surface area contributed by atoms with Gasteiger partial charge >= 0.3 is 0 Å². The summed E-state index contributed by atoms with van der Waals surface area (Å²) >= 11 is 0. The van der Waals surface area contributed by atoms with Gasteiger partial charge < -0.3 is 0 Å². The molecule has 0 radical (unpaired) electrons. The molecule has 1 aliphatic carbocycles. The van der Waals surface area contributed by atoms with Crippen LogP contribution in [0, 0.1) is 24.6 Å². The molecule has 0 spiro atoms. The molecule has 0 N–H and O–H groups in total. The third kappa shape index (κ3) is 2.63. The standard InChI is InChI=1S/C19H23F/c1-6-16(12(2)3)19-14(5)10-15(11-18(19)20)17-9-7-8-13(17)4/h6-13,16H,1H2,2-5H3. The summed E-state index contributed by atoms with van der Waals surface area (Å²) in [6, 6.07) is 3.78. The van der Waals surface area contributed by atoms with Gasteiger partial charge in [0.25, 0.3) is 0 Å². The van der Waals surface area contributed by atoms with Crippen LogP contribution in [0.2, 0.25) is 0 Å². The van der Waals surface area contributed by atoms with Crippen molar-refractivity contribution >= 4 is 5.57 Å². The van der Waals surface area contributed by atoms with E-state index in [1.54, 1.807) is 6.07 Å². The molecule has 2 unspecified atom stereocenters. The molecule has 1 aromatic rings. The fraction of sp³-hybridized carbons (Fsp3) is 0.368. The average Bonchev–Trinajstić information content (AvgIpc) is 2.79. The van der Waals surface area contributed by atoms with Crippen molar-refractivity contribution in [1.82, 2.24) is 0 Å². The summed E-state index contributed by atoms with van der Waals surface area (Å²) < 4.78 is 14.6. The Bertz CT molecular complexity index is 552. The predicted molar refractivity (Wildman–Crippen MR) is 85.2 cm³/mol. The summed E-state index contributed by atoms with van der Waals surface area (Å²) in [5.41, 5.74) is 3.99. The molecule has 2 rings (SSSR count). The maximum absolute atomic E-state index is 14.6. The maximum Gasteiger partial charge on any atom is 0.127 e. The second kappa shape index (κ2) is 5.78. The first-order chi connectivity index (χ1) is 9.45. The highest BCUT2D eigenvalue weighted by atomic mass is 19.1. The van der Waals surface area contributed by atoms with E-state index in [1.807, 2.05) is 19.1 Å². The molecule has 0 bridgehead atoms. The number of halogens is 1. The first-order valence-electron chi connectivity index (χ1n) is 7.27. The lowest BCUT2D eigenvalue weighted by molar-refractivity contribution is 0.531. The Balaban J connectivity index is 2.47. The average molecular weight is 270 g/mol. The van der Waals surface area contributed by atoms with Crippen LogP contribution in [0.25, 0.3) is 5.57 Å². The van der Waals surface area contributed by atoms with Crippen LogP contribution in [0.15, 0.2) is 43.0 Å². The third-order valence-corrected chi connectivity index (χ3v) is 4.14. The minimum atomic E-state index is -0.112. The van der Waals surface area contributed by atoms with Gasteiger partial charge in [-0.05, 0) is 47.1 Å². The van der Waals surface area contributed by atoms with Crippen LogP contribution in [-0.4, -0.2) is 0 Å². The molecular formula is C19H23F. The van der Waals surface area contributed by atoms with E-state index in [4.69, 9.17) is 0 Å². The maximum atomic E-state index is 14.6. The molecular weight excluding hydrogens is 247 g/mol. The predicted octanol–water partition coefficient (Wildman–Crippen LogP) is 5.65. The van der Waals surface area contributed by atoms with Crippen molar-refractivity contribution in [1.29, 1.82) is 0 Å². The summed E-state index contributed by atoms with van der Waals surface area (Å²) in [6.45, 7) is 12.2. The Morgan fingerprint density at radius 3 is 2.45 bits per heavy atom. The third-order valence-electron chi connectivity index (χ3n) is 4.14. The van der Waals surface area contributed by atoms with Crippen LogP contribution >= 0.6 is 0 Å². The van der Waals surface area contributed by atoms with E-state index in [9.17, 15) is 4.39 Å². The molecule has 0 heterocycles. The van der Waals surface area contributed by atoms with Crippen molar-refractivity contribution in [3.63, 3.8) is 0 Å². The lowest BCUT2D eigenvalue weighted by Gasteiger charge is -2.21. The van der Waals surface area contributed by atoms with Crippen LogP contribution in [0.1, 0.15) is 43.4 Å². The highest BCUT2D eigenvalue weighted by Gasteiger charge is 2.21. The van der Waals surface area contributed by atoms with Crippen molar-refractivity contribution in [3.8, 4) is 0 Å². The second-order valence-electron chi connectivity index (χ2n) is 5.99. The summed E-state index contributed by atoms with van der Waals surface area (Å²) in [5.74, 6) is 0.661. The number of benzene rings is 1. The van der Waals surface area contributed by atoms with Gasteiger partial charge in [0, 0.05) is 5.92 Å². The van der Waals surface area contributed by atoms with Crippen LogP contribution in [0.5, 0.6) is 0 Å². The van der Waals surface area contributed by atoms with E-state index in [2.05, 4.69) is 45.6 Å². The van der Waals surface area contributed by atoms with Crippen molar-refractivity contribution in [2.45, 2.75) is 33.6 Å². The van der Waals surface area contributed by atoms with E-state index >= 15 is 0 Å². The van der Waals surface area contributed by atoms with Gasteiger partial charge in [-0.15, -0.1) is 6.58 Å². The summed E-state index contributed by atoms with van der Waals surface area (Å²) in [6.07, 6.45) is 8.11. The number of hydrogen-bond donors (Lipinski definition) is 0. The Morgan fingerprint density at radius 2 is 2.00 bits per heavy atom. The molecule has 0 aliphatic heterocycles. The Labute approximate surface area is 121 Å². The zero-order valence-electron chi connectivity index (χ0n) is 12.8. The first-order valence-corrected chi connectivity index (χ1v) is 7.27. The van der Waals surface area contributed by atoms with Gasteiger partial charge in [-0.2, -0.15) is 0 Å². The highest BCUT2D eigenvalue weighted by molar-refractivity contribution is 5.73. The quantitative estimate of drug-likeness (QED) is 0.620. The molecule has 0 amide bonds. The zero-order chi connectivity index (χ0) is 14.9. The van der Waals surface area contributed by atoms with E-state index < -0.39 is 0 Å². The number of allylic oxidation sites excluding steroid dienone is 5. The number of hydrogen-bond acceptors (Lipinski definition) is 0. The van der Waals surface area contributed by atoms with Gasteiger partial charge in [0.05, 0.1) is 0 Å². The van der Waals surface area contributed by atoms with Gasteiger partial charge in [-0.25, -0.2) is 4.39 Å². The van der Waals surface area contributed by atoms with Crippen molar-refractivity contribution < 1.29 is 4.39 Å². The molecule has 2 atom stereocenters. The van der Waals surface area contributed by atoms with E-state index in [0.29, 0.717) is 11.8 Å². The molecule has 20 heavy (non-hydrogen) atoms. The molecule has 0 fully saturated rings. The Morgan fingerprint density at radius 1 is 1.30 bits per heavy atom. The molecule has 0 saturated heterocycles. The Kier molecular flexibility index (Phi) is 4.27. The van der Waals surface area contributed by atoms with Gasteiger partial charge in [-0.1, -0.05) is 51.1 Å². The van der Waals surface area contributed by atoms with Crippen LogP contribution in [0.3, 0.4) is 0 Å². The summed E-state index contributed by atoms with van der Waals surface area (Å²) in [4.78, 5) is 0. The molecule has 0 nitrogen and oxygen atoms in total. The van der Waals surface area contributed by atoms with Gasteiger partial charge in [-0.3, -0.25) is 0 Å². The minimum absolute atomic E-state index is 0.0668. The fourth-order valence-electron chi connectivity index (χ4n) is 3.01. The van der Waals surface area contributed by atoms with Crippen LogP contribution in [-0.2, 0) is 0 Å². The minimum Gasteiger partial charge on any atom is -0.207 e. The molecule has 1 aromatic carbocycles. The number of aryl methyl sites for hydroxylation is 1. The van der Waals surface area contributed by atoms with Crippen LogP contribution < -0.4 is 0 Å². The van der Waals surface area contributed by atoms with Crippen molar-refractivity contribution in [3.05, 3.63) is 65.5 Å².